The topological polar surface area (TPSA) is 30.5 Å². The Kier molecular flexibility index (Phi) is 5.06. The molecule has 0 atom stereocenters. The fraction of sp³-hybridized carbons (Fsp3) is 0.647. The standard InChI is InChI=1S/C17H27NO2/c1-13-6-5-7-15(10-18-17(2,3)4)16(13)20-12-19-11-14-8-9-14/h5-7,14,18H,8-12H2,1-4H3. The summed E-state index contributed by atoms with van der Waals surface area (Å²) >= 11 is 0. The van der Waals surface area contributed by atoms with Gasteiger partial charge >= 0.3 is 0 Å². The van der Waals surface area contributed by atoms with Crippen LogP contribution in [-0.2, 0) is 11.3 Å². The first-order valence-corrected chi connectivity index (χ1v) is 7.50. The van der Waals surface area contributed by atoms with E-state index in [1.807, 2.05) is 0 Å². The van der Waals surface area contributed by atoms with Crippen LogP contribution in [0.25, 0.3) is 0 Å². The molecular weight excluding hydrogens is 250 g/mol. The molecule has 0 saturated heterocycles. The summed E-state index contributed by atoms with van der Waals surface area (Å²) < 4.78 is 11.4. The van der Waals surface area contributed by atoms with Gasteiger partial charge in [-0.25, -0.2) is 0 Å². The molecule has 112 valence electrons. The van der Waals surface area contributed by atoms with E-state index in [0.717, 1.165) is 30.4 Å². The molecule has 0 aliphatic heterocycles. The molecule has 1 aromatic rings. The molecule has 3 nitrogen and oxygen atoms in total. The minimum atomic E-state index is 0.101. The summed E-state index contributed by atoms with van der Waals surface area (Å²) in [5.41, 5.74) is 2.45. The molecule has 1 saturated carbocycles. The molecule has 0 spiro atoms. The van der Waals surface area contributed by atoms with E-state index in [0.29, 0.717) is 6.79 Å². The van der Waals surface area contributed by atoms with Crippen LogP contribution in [0, 0.1) is 12.8 Å². The van der Waals surface area contributed by atoms with Gasteiger partial charge in [-0.15, -0.1) is 0 Å². The lowest BCUT2D eigenvalue weighted by Gasteiger charge is -2.22. The lowest BCUT2D eigenvalue weighted by atomic mass is 10.1. The van der Waals surface area contributed by atoms with Crippen LogP contribution in [0.2, 0.25) is 0 Å². The molecule has 20 heavy (non-hydrogen) atoms. The zero-order chi connectivity index (χ0) is 14.6. The fourth-order valence-electron chi connectivity index (χ4n) is 2.02. The van der Waals surface area contributed by atoms with Crippen molar-refractivity contribution in [2.75, 3.05) is 13.4 Å². The third kappa shape index (κ3) is 5.14. The number of hydrogen-bond donors (Lipinski definition) is 1. The summed E-state index contributed by atoms with van der Waals surface area (Å²) in [5.74, 6) is 1.73. The molecule has 1 aliphatic rings. The van der Waals surface area contributed by atoms with Gasteiger partial charge < -0.3 is 14.8 Å². The van der Waals surface area contributed by atoms with Crippen molar-refractivity contribution >= 4 is 0 Å². The van der Waals surface area contributed by atoms with E-state index >= 15 is 0 Å². The van der Waals surface area contributed by atoms with Gasteiger partial charge in [0.1, 0.15) is 5.75 Å². The van der Waals surface area contributed by atoms with Gasteiger partial charge in [-0.05, 0) is 52.0 Å². The van der Waals surface area contributed by atoms with Gasteiger partial charge in [-0.1, -0.05) is 18.2 Å². The van der Waals surface area contributed by atoms with E-state index in [1.54, 1.807) is 0 Å². The summed E-state index contributed by atoms with van der Waals surface area (Å²) in [6.07, 6.45) is 2.62. The molecule has 1 N–H and O–H groups in total. The van der Waals surface area contributed by atoms with Crippen molar-refractivity contribution in [2.24, 2.45) is 5.92 Å². The maximum Gasteiger partial charge on any atom is 0.189 e. The van der Waals surface area contributed by atoms with Crippen LogP contribution in [0.3, 0.4) is 0 Å². The first-order chi connectivity index (χ1) is 9.46. The molecule has 2 rings (SSSR count). The zero-order valence-electron chi connectivity index (χ0n) is 13.2. The van der Waals surface area contributed by atoms with Gasteiger partial charge in [0, 0.05) is 17.6 Å². The van der Waals surface area contributed by atoms with Crippen LogP contribution in [0.15, 0.2) is 18.2 Å². The minimum absolute atomic E-state index is 0.101. The molecular formula is C17H27NO2. The van der Waals surface area contributed by atoms with Crippen LogP contribution in [0.4, 0.5) is 0 Å². The Morgan fingerprint density at radius 1 is 1.25 bits per heavy atom. The number of para-hydroxylation sites is 1. The Balaban J connectivity index is 1.90. The minimum Gasteiger partial charge on any atom is -0.467 e. The van der Waals surface area contributed by atoms with Gasteiger partial charge in [-0.2, -0.15) is 0 Å². The highest BCUT2D eigenvalue weighted by Crippen LogP contribution is 2.29. The SMILES string of the molecule is Cc1cccc(CNC(C)(C)C)c1OCOCC1CC1. The molecule has 1 aliphatic carbocycles. The number of benzene rings is 1. The Labute approximate surface area is 122 Å². The molecule has 0 radical (unpaired) electrons. The number of rotatable bonds is 7. The highest BCUT2D eigenvalue weighted by atomic mass is 16.7. The van der Waals surface area contributed by atoms with Crippen LogP contribution in [0.5, 0.6) is 5.75 Å². The molecule has 0 amide bonds. The van der Waals surface area contributed by atoms with Crippen molar-refractivity contribution in [3.63, 3.8) is 0 Å². The third-order valence-corrected chi connectivity index (χ3v) is 3.44. The van der Waals surface area contributed by atoms with Gasteiger partial charge in [0.05, 0.1) is 6.61 Å². The van der Waals surface area contributed by atoms with Crippen LogP contribution >= 0.6 is 0 Å². The van der Waals surface area contributed by atoms with Crippen LogP contribution in [0.1, 0.15) is 44.7 Å². The zero-order valence-corrected chi connectivity index (χ0v) is 13.2. The van der Waals surface area contributed by atoms with Gasteiger partial charge in [0.2, 0.25) is 0 Å². The van der Waals surface area contributed by atoms with Gasteiger partial charge in [0.25, 0.3) is 0 Å². The van der Waals surface area contributed by atoms with Crippen molar-refractivity contribution in [2.45, 2.75) is 52.6 Å². The molecule has 3 heteroatoms. The lowest BCUT2D eigenvalue weighted by molar-refractivity contribution is 0.00900. The van der Waals surface area contributed by atoms with E-state index in [-0.39, 0.29) is 5.54 Å². The fourth-order valence-corrected chi connectivity index (χ4v) is 2.02. The number of hydrogen-bond acceptors (Lipinski definition) is 3. The highest BCUT2D eigenvalue weighted by Gasteiger charge is 2.21. The lowest BCUT2D eigenvalue weighted by Crippen LogP contribution is -2.35. The molecule has 0 aromatic heterocycles. The Bertz CT molecular complexity index is 433. The summed E-state index contributed by atoms with van der Waals surface area (Å²) in [5, 5.41) is 3.50. The maximum atomic E-state index is 5.85. The Hall–Kier alpha value is -1.06. The molecule has 1 aromatic carbocycles. The van der Waals surface area contributed by atoms with E-state index < -0.39 is 0 Å². The second kappa shape index (κ2) is 6.59. The van der Waals surface area contributed by atoms with Gasteiger partial charge in [-0.3, -0.25) is 0 Å². The quantitative estimate of drug-likeness (QED) is 0.609. The second-order valence-corrected chi connectivity index (χ2v) is 6.74. The van der Waals surface area contributed by atoms with E-state index in [9.17, 15) is 0 Å². The first kappa shape index (κ1) is 15.3. The van der Waals surface area contributed by atoms with Crippen LogP contribution in [-0.4, -0.2) is 18.9 Å². The predicted octanol–water partition coefficient (Wildman–Crippen LogP) is 3.65. The third-order valence-electron chi connectivity index (χ3n) is 3.44. The molecule has 0 unspecified atom stereocenters. The summed E-state index contributed by atoms with van der Waals surface area (Å²) in [4.78, 5) is 0. The van der Waals surface area contributed by atoms with E-state index in [2.05, 4.69) is 51.2 Å². The number of nitrogens with one attached hydrogen (secondary N) is 1. The van der Waals surface area contributed by atoms with Crippen LogP contribution < -0.4 is 10.1 Å². The number of ether oxygens (including phenoxy) is 2. The largest absolute Gasteiger partial charge is 0.467 e. The Morgan fingerprint density at radius 2 is 2.00 bits per heavy atom. The molecule has 0 bridgehead atoms. The Morgan fingerprint density at radius 3 is 2.65 bits per heavy atom. The highest BCUT2D eigenvalue weighted by molar-refractivity contribution is 5.40. The van der Waals surface area contributed by atoms with Crippen molar-refractivity contribution in [3.8, 4) is 5.75 Å². The normalized spacial score (nSPS) is 15.4. The smallest absolute Gasteiger partial charge is 0.189 e. The average Bonchev–Trinajstić information content (AvgIpc) is 3.17. The van der Waals surface area contributed by atoms with Gasteiger partial charge in [0.15, 0.2) is 6.79 Å². The number of aryl methyl sites for hydroxylation is 1. The van der Waals surface area contributed by atoms with E-state index in [1.165, 1.54) is 18.4 Å². The summed E-state index contributed by atoms with van der Waals surface area (Å²) in [6, 6.07) is 6.27. The van der Waals surface area contributed by atoms with Crippen molar-refractivity contribution in [1.29, 1.82) is 0 Å². The molecule has 1 fully saturated rings. The maximum absolute atomic E-state index is 5.85. The van der Waals surface area contributed by atoms with Crippen molar-refractivity contribution < 1.29 is 9.47 Å². The van der Waals surface area contributed by atoms with Crippen molar-refractivity contribution in [1.82, 2.24) is 5.32 Å². The molecule has 0 heterocycles. The van der Waals surface area contributed by atoms with Crippen molar-refractivity contribution in [3.05, 3.63) is 29.3 Å². The summed E-state index contributed by atoms with van der Waals surface area (Å²) in [7, 11) is 0. The second-order valence-electron chi connectivity index (χ2n) is 6.74. The average molecular weight is 277 g/mol. The monoisotopic (exact) mass is 277 g/mol. The first-order valence-electron chi connectivity index (χ1n) is 7.50. The van der Waals surface area contributed by atoms with E-state index in [4.69, 9.17) is 9.47 Å². The summed E-state index contributed by atoms with van der Waals surface area (Å²) in [6.45, 7) is 10.6. The predicted molar refractivity (Wildman–Crippen MR) is 81.9 cm³/mol.